The van der Waals surface area contributed by atoms with E-state index in [-0.39, 0.29) is 12.3 Å². The van der Waals surface area contributed by atoms with Crippen LogP contribution in [-0.2, 0) is 25.6 Å². The summed E-state index contributed by atoms with van der Waals surface area (Å²) in [4.78, 5) is 48.3. The van der Waals surface area contributed by atoms with Gasteiger partial charge in [0.05, 0.1) is 12.6 Å². The van der Waals surface area contributed by atoms with Gasteiger partial charge in [0.15, 0.2) is 0 Å². The Morgan fingerprint density at radius 3 is 1.93 bits per heavy atom. The van der Waals surface area contributed by atoms with Gasteiger partial charge in [0.1, 0.15) is 18.1 Å². The molecule has 3 amide bonds. The number of carbonyl (C=O) groups excluding carboxylic acids is 3. The van der Waals surface area contributed by atoms with Crippen molar-refractivity contribution in [2.24, 2.45) is 11.7 Å². The van der Waals surface area contributed by atoms with Crippen molar-refractivity contribution < 1.29 is 29.4 Å². The molecule has 10 heteroatoms. The Kier molecular flexibility index (Phi) is 9.93. The number of amides is 3. The van der Waals surface area contributed by atoms with Crippen LogP contribution in [0, 0.1) is 5.92 Å². The predicted octanol–water partition coefficient (Wildman–Crippen LogP) is -1.24. The molecule has 4 unspecified atom stereocenters. The van der Waals surface area contributed by atoms with Crippen LogP contribution in [-0.4, -0.2) is 64.7 Å². The van der Waals surface area contributed by atoms with Gasteiger partial charge in [-0.05, 0) is 18.4 Å². The van der Waals surface area contributed by atoms with Gasteiger partial charge in [-0.25, -0.2) is 0 Å². The number of hydrogen-bond acceptors (Lipinski definition) is 6. The first-order valence-electron chi connectivity index (χ1n) is 9.61. The van der Waals surface area contributed by atoms with Gasteiger partial charge in [0.2, 0.25) is 17.7 Å². The minimum atomic E-state index is -1.31. The molecule has 0 bridgehead atoms. The fraction of sp³-hybridized carbons (Fsp3) is 0.500. The van der Waals surface area contributed by atoms with Gasteiger partial charge < -0.3 is 31.9 Å². The van der Waals surface area contributed by atoms with Crippen molar-refractivity contribution in [2.45, 2.75) is 51.4 Å². The summed E-state index contributed by atoms with van der Waals surface area (Å²) < 4.78 is 0. The second-order valence-corrected chi connectivity index (χ2v) is 7.33. The molecule has 0 aliphatic heterocycles. The van der Waals surface area contributed by atoms with E-state index in [4.69, 9.17) is 10.8 Å². The van der Waals surface area contributed by atoms with Gasteiger partial charge >= 0.3 is 5.97 Å². The van der Waals surface area contributed by atoms with E-state index in [1.807, 2.05) is 0 Å². The van der Waals surface area contributed by atoms with E-state index in [0.29, 0.717) is 0 Å². The number of aliphatic hydroxyl groups excluding tert-OH is 1. The lowest BCUT2D eigenvalue weighted by atomic mass is 10.0. The molecule has 4 atom stereocenters. The molecule has 1 aromatic rings. The standard InChI is InChI=1S/C20H30N4O6/c1-11(2)16(21)19(28)24-15(10-25)18(27)23-14(9-13-7-5-4-6-8-13)17(26)22-12(3)20(29)30/h4-8,11-12,14-16,25H,9-10,21H2,1-3H3,(H,22,26)(H,23,27)(H,24,28)(H,29,30). The number of carboxylic acids is 1. The molecule has 0 saturated heterocycles. The maximum Gasteiger partial charge on any atom is 0.325 e. The molecule has 0 saturated carbocycles. The Bertz CT molecular complexity index is 740. The first kappa shape index (κ1) is 25.1. The third-order valence-electron chi connectivity index (χ3n) is 4.48. The second kappa shape index (κ2) is 11.9. The Morgan fingerprint density at radius 1 is 0.900 bits per heavy atom. The van der Waals surface area contributed by atoms with Crippen LogP contribution in [0.4, 0.5) is 0 Å². The molecule has 7 N–H and O–H groups in total. The minimum absolute atomic E-state index is 0.0857. The number of aliphatic carboxylic acids is 1. The third kappa shape index (κ3) is 7.80. The molecule has 166 valence electrons. The lowest BCUT2D eigenvalue weighted by Crippen LogP contribution is -2.58. The zero-order valence-corrected chi connectivity index (χ0v) is 17.3. The van der Waals surface area contributed by atoms with Crippen molar-refractivity contribution in [3.63, 3.8) is 0 Å². The average Bonchev–Trinajstić information content (AvgIpc) is 2.70. The molecule has 0 aromatic heterocycles. The first-order chi connectivity index (χ1) is 14.1. The normalized spacial score (nSPS) is 14.9. The average molecular weight is 422 g/mol. The molecule has 0 heterocycles. The fourth-order valence-corrected chi connectivity index (χ4v) is 2.47. The summed E-state index contributed by atoms with van der Waals surface area (Å²) in [5.74, 6) is -3.51. The van der Waals surface area contributed by atoms with Crippen LogP contribution in [0.15, 0.2) is 30.3 Å². The largest absolute Gasteiger partial charge is 0.480 e. The smallest absolute Gasteiger partial charge is 0.325 e. The van der Waals surface area contributed by atoms with Gasteiger partial charge in [0.25, 0.3) is 0 Å². The maximum absolute atomic E-state index is 12.6. The lowest BCUT2D eigenvalue weighted by molar-refractivity contribution is -0.141. The molecule has 1 rings (SSSR count). The molecule has 10 nitrogen and oxygen atoms in total. The number of aliphatic hydroxyl groups is 1. The van der Waals surface area contributed by atoms with Crippen LogP contribution < -0.4 is 21.7 Å². The van der Waals surface area contributed by atoms with Crippen molar-refractivity contribution in [1.29, 1.82) is 0 Å². The van der Waals surface area contributed by atoms with Gasteiger partial charge in [-0.15, -0.1) is 0 Å². The molecule has 1 aromatic carbocycles. The summed E-state index contributed by atoms with van der Waals surface area (Å²) in [6, 6.07) is 4.35. The Balaban J connectivity index is 2.94. The monoisotopic (exact) mass is 422 g/mol. The van der Waals surface area contributed by atoms with Crippen LogP contribution in [0.25, 0.3) is 0 Å². The molecule has 0 aliphatic carbocycles. The van der Waals surface area contributed by atoms with Crippen molar-refractivity contribution in [2.75, 3.05) is 6.61 Å². The Labute approximate surface area is 175 Å². The lowest BCUT2D eigenvalue weighted by Gasteiger charge is -2.24. The van der Waals surface area contributed by atoms with Gasteiger partial charge in [-0.1, -0.05) is 44.2 Å². The van der Waals surface area contributed by atoms with Crippen molar-refractivity contribution >= 4 is 23.7 Å². The number of rotatable bonds is 11. The quantitative estimate of drug-likeness (QED) is 0.259. The number of carboxylic acid groups (broad SMARTS) is 1. The number of carbonyl (C=O) groups is 4. The molecular formula is C20H30N4O6. The van der Waals surface area contributed by atoms with E-state index in [0.717, 1.165) is 5.56 Å². The number of hydrogen-bond donors (Lipinski definition) is 6. The van der Waals surface area contributed by atoms with Gasteiger partial charge in [-0.3, -0.25) is 19.2 Å². The topological polar surface area (TPSA) is 171 Å². The van der Waals surface area contributed by atoms with E-state index in [2.05, 4.69) is 16.0 Å². The molecule has 0 radical (unpaired) electrons. The highest BCUT2D eigenvalue weighted by Gasteiger charge is 2.29. The van der Waals surface area contributed by atoms with Crippen LogP contribution in [0.5, 0.6) is 0 Å². The van der Waals surface area contributed by atoms with E-state index < -0.39 is 54.5 Å². The summed E-state index contributed by atoms with van der Waals surface area (Å²) >= 11 is 0. The van der Waals surface area contributed by atoms with E-state index >= 15 is 0 Å². The van der Waals surface area contributed by atoms with Gasteiger partial charge in [-0.2, -0.15) is 0 Å². The summed E-state index contributed by atoms with van der Waals surface area (Å²) in [6.07, 6.45) is 0.0857. The second-order valence-electron chi connectivity index (χ2n) is 7.33. The fourth-order valence-electron chi connectivity index (χ4n) is 2.47. The van der Waals surface area contributed by atoms with Crippen LogP contribution in [0.2, 0.25) is 0 Å². The molecule has 0 spiro atoms. The number of nitrogens with two attached hydrogens (primary N) is 1. The van der Waals surface area contributed by atoms with Crippen LogP contribution in [0.1, 0.15) is 26.3 Å². The Hall–Kier alpha value is -2.98. The summed E-state index contributed by atoms with van der Waals surface area (Å²) in [6.45, 7) is 4.07. The summed E-state index contributed by atoms with van der Waals surface area (Å²) in [5, 5.41) is 25.7. The molecule has 30 heavy (non-hydrogen) atoms. The SMILES string of the molecule is CC(NC(=O)C(Cc1ccccc1)NC(=O)C(CO)NC(=O)C(N)C(C)C)C(=O)O. The molecule has 0 fully saturated rings. The number of benzene rings is 1. The highest BCUT2D eigenvalue weighted by Crippen LogP contribution is 2.05. The summed E-state index contributed by atoms with van der Waals surface area (Å²) in [7, 11) is 0. The van der Waals surface area contributed by atoms with E-state index in [9.17, 15) is 24.3 Å². The molecular weight excluding hydrogens is 392 g/mol. The van der Waals surface area contributed by atoms with Gasteiger partial charge in [0, 0.05) is 6.42 Å². The predicted molar refractivity (Wildman–Crippen MR) is 109 cm³/mol. The van der Waals surface area contributed by atoms with E-state index in [1.165, 1.54) is 6.92 Å². The van der Waals surface area contributed by atoms with Crippen LogP contribution >= 0.6 is 0 Å². The van der Waals surface area contributed by atoms with Crippen LogP contribution in [0.3, 0.4) is 0 Å². The Morgan fingerprint density at radius 2 is 1.43 bits per heavy atom. The highest BCUT2D eigenvalue weighted by atomic mass is 16.4. The zero-order valence-electron chi connectivity index (χ0n) is 17.3. The van der Waals surface area contributed by atoms with Crippen molar-refractivity contribution in [3.05, 3.63) is 35.9 Å². The molecule has 0 aliphatic rings. The van der Waals surface area contributed by atoms with Crippen molar-refractivity contribution in [1.82, 2.24) is 16.0 Å². The first-order valence-corrected chi connectivity index (χ1v) is 9.61. The van der Waals surface area contributed by atoms with E-state index in [1.54, 1.807) is 44.2 Å². The summed E-state index contributed by atoms with van der Waals surface area (Å²) in [5.41, 5.74) is 6.48. The highest BCUT2D eigenvalue weighted by molar-refractivity contribution is 5.94. The zero-order chi connectivity index (χ0) is 22.8. The maximum atomic E-state index is 12.6. The van der Waals surface area contributed by atoms with Crippen molar-refractivity contribution in [3.8, 4) is 0 Å². The minimum Gasteiger partial charge on any atom is -0.480 e. The number of nitrogens with one attached hydrogen (secondary N) is 3. The third-order valence-corrected chi connectivity index (χ3v) is 4.48.